The van der Waals surface area contributed by atoms with Crippen LogP contribution >= 0.6 is 0 Å². The van der Waals surface area contributed by atoms with Gasteiger partial charge in [0.25, 0.3) is 0 Å². The van der Waals surface area contributed by atoms with Crippen molar-refractivity contribution in [3.05, 3.63) is 58.6 Å². The van der Waals surface area contributed by atoms with E-state index in [2.05, 4.69) is 4.72 Å². The maximum atomic E-state index is 12.6. The van der Waals surface area contributed by atoms with Crippen molar-refractivity contribution >= 4 is 21.1 Å². The minimum atomic E-state index is -3.88. The van der Waals surface area contributed by atoms with Gasteiger partial charge in [-0.15, -0.1) is 0 Å². The van der Waals surface area contributed by atoms with Crippen LogP contribution < -0.4 is 15.2 Å². The summed E-state index contributed by atoms with van der Waals surface area (Å²) >= 11 is 0. The molecule has 0 fully saturated rings. The van der Waals surface area contributed by atoms with Gasteiger partial charge < -0.3 is 14.3 Å². The number of nitrogens with one attached hydrogen (secondary N) is 1. The van der Waals surface area contributed by atoms with Crippen LogP contribution in [0.15, 0.2) is 56.6 Å². The second-order valence-electron chi connectivity index (χ2n) is 6.90. The lowest BCUT2D eigenvalue weighted by Crippen LogP contribution is -2.42. The number of methoxy groups -OCH3 is 1. The van der Waals surface area contributed by atoms with Crippen molar-refractivity contribution in [3.8, 4) is 5.75 Å². The highest BCUT2D eigenvalue weighted by Crippen LogP contribution is 2.20. The number of aromatic nitrogens is 1. The minimum absolute atomic E-state index is 0.0170. The van der Waals surface area contributed by atoms with Crippen molar-refractivity contribution in [1.29, 1.82) is 0 Å². The highest BCUT2D eigenvalue weighted by atomic mass is 32.2. The largest absolute Gasteiger partial charge is 0.497 e. The van der Waals surface area contributed by atoms with Crippen LogP contribution in [0.5, 0.6) is 5.75 Å². The van der Waals surface area contributed by atoms with Gasteiger partial charge in [-0.05, 0) is 42.8 Å². The number of rotatable bonds is 7. The second-order valence-corrected chi connectivity index (χ2v) is 8.67. The van der Waals surface area contributed by atoms with Crippen LogP contribution in [0.25, 0.3) is 11.1 Å². The van der Waals surface area contributed by atoms with Gasteiger partial charge in [-0.2, -0.15) is 0 Å². The smallest absolute Gasteiger partial charge is 0.419 e. The molecule has 0 aliphatic carbocycles. The Hall–Kier alpha value is -2.62. The lowest BCUT2D eigenvalue weighted by atomic mass is 9.97. The molecule has 0 bridgehead atoms. The molecule has 2 N–H and O–H groups in total. The van der Waals surface area contributed by atoms with E-state index in [1.54, 1.807) is 26.2 Å². The van der Waals surface area contributed by atoms with Gasteiger partial charge in [0.15, 0.2) is 5.58 Å². The van der Waals surface area contributed by atoms with Gasteiger partial charge in [0.1, 0.15) is 5.75 Å². The van der Waals surface area contributed by atoms with Crippen molar-refractivity contribution in [2.24, 2.45) is 7.05 Å². The Balaban J connectivity index is 1.74. The number of hydrogen-bond acceptors (Lipinski definition) is 6. The highest BCUT2D eigenvalue weighted by molar-refractivity contribution is 7.89. The predicted octanol–water partition coefficient (Wildman–Crippen LogP) is 1.41. The molecular weight excluding hydrogens is 384 g/mol. The predicted molar refractivity (Wildman–Crippen MR) is 104 cm³/mol. The van der Waals surface area contributed by atoms with E-state index in [1.807, 2.05) is 12.1 Å². The Morgan fingerprint density at radius 3 is 2.54 bits per heavy atom. The molecule has 3 rings (SSSR count). The second kappa shape index (κ2) is 7.42. The van der Waals surface area contributed by atoms with Crippen molar-refractivity contribution < 1.29 is 22.7 Å². The lowest BCUT2D eigenvalue weighted by molar-refractivity contribution is 0.0657. The lowest BCUT2D eigenvalue weighted by Gasteiger charge is -2.24. The number of fused-ring (bicyclic) bond motifs is 1. The molecule has 1 unspecified atom stereocenters. The summed E-state index contributed by atoms with van der Waals surface area (Å²) in [4.78, 5) is 11.5. The molecule has 8 nitrogen and oxygen atoms in total. The number of oxazole rings is 1. The molecule has 0 aliphatic rings. The van der Waals surface area contributed by atoms with Gasteiger partial charge in [0.05, 0.1) is 23.1 Å². The monoisotopic (exact) mass is 406 g/mol. The van der Waals surface area contributed by atoms with E-state index in [-0.39, 0.29) is 17.9 Å². The van der Waals surface area contributed by atoms with Gasteiger partial charge >= 0.3 is 5.76 Å². The van der Waals surface area contributed by atoms with Crippen molar-refractivity contribution in [1.82, 2.24) is 9.29 Å². The number of aliphatic hydroxyl groups is 1. The fourth-order valence-corrected chi connectivity index (χ4v) is 4.03. The van der Waals surface area contributed by atoms with Crippen LogP contribution in [0, 0.1) is 0 Å². The minimum Gasteiger partial charge on any atom is -0.497 e. The van der Waals surface area contributed by atoms with Crippen LogP contribution in [-0.2, 0) is 23.5 Å². The zero-order valence-corrected chi connectivity index (χ0v) is 16.6. The summed E-state index contributed by atoms with van der Waals surface area (Å²) in [6.07, 6.45) is 0.259. The molecule has 2 aromatic carbocycles. The third-order valence-corrected chi connectivity index (χ3v) is 5.86. The molecule has 0 aliphatic heterocycles. The van der Waals surface area contributed by atoms with Crippen LogP contribution in [-0.4, -0.2) is 37.3 Å². The summed E-state index contributed by atoms with van der Waals surface area (Å²) in [5, 5.41) is 10.6. The Labute approximate surface area is 162 Å². The first kappa shape index (κ1) is 20.1. The standard InChI is InChI=1S/C19H22N2O6S/c1-19(23,11-13-4-6-14(26-3)7-5-13)12-20-28(24,25)15-8-9-17-16(10-15)21(2)18(22)27-17/h4-10,20,23H,11-12H2,1-3H3. The summed E-state index contributed by atoms with van der Waals surface area (Å²) in [6, 6.07) is 11.3. The third-order valence-electron chi connectivity index (χ3n) is 4.46. The molecule has 0 spiro atoms. The van der Waals surface area contributed by atoms with Gasteiger partial charge in [0.2, 0.25) is 10.0 Å². The van der Waals surface area contributed by atoms with Crippen molar-refractivity contribution in [2.45, 2.75) is 23.8 Å². The first-order valence-corrected chi connectivity index (χ1v) is 10.0. The van der Waals surface area contributed by atoms with Crippen molar-refractivity contribution in [2.75, 3.05) is 13.7 Å². The number of hydrogen-bond donors (Lipinski definition) is 2. The number of benzene rings is 2. The van der Waals surface area contributed by atoms with Gasteiger partial charge in [0, 0.05) is 20.0 Å². The molecule has 1 heterocycles. The maximum Gasteiger partial charge on any atom is 0.419 e. The van der Waals surface area contributed by atoms with Gasteiger partial charge in [-0.25, -0.2) is 17.9 Å². The molecule has 0 radical (unpaired) electrons. The Morgan fingerprint density at radius 1 is 1.21 bits per heavy atom. The van der Waals surface area contributed by atoms with E-state index in [0.717, 1.165) is 5.56 Å². The third kappa shape index (κ3) is 4.27. The molecule has 1 aromatic heterocycles. The van der Waals surface area contributed by atoms with Crippen molar-refractivity contribution in [3.63, 3.8) is 0 Å². The Bertz CT molecular complexity index is 1140. The van der Waals surface area contributed by atoms with Crippen LogP contribution in [0.3, 0.4) is 0 Å². The Morgan fingerprint density at radius 2 is 1.89 bits per heavy atom. The molecule has 150 valence electrons. The number of ether oxygens (including phenoxy) is 1. The fraction of sp³-hybridized carbons (Fsp3) is 0.316. The summed E-state index contributed by atoms with van der Waals surface area (Å²) < 4.78 is 39.0. The van der Waals surface area contributed by atoms with Gasteiger partial charge in [-0.1, -0.05) is 12.1 Å². The maximum absolute atomic E-state index is 12.6. The molecule has 0 saturated heterocycles. The van der Waals surface area contributed by atoms with E-state index < -0.39 is 21.4 Å². The van der Waals surface area contributed by atoms with Gasteiger partial charge in [-0.3, -0.25) is 4.57 Å². The number of nitrogens with zero attached hydrogens (tertiary/aromatic N) is 1. The first-order chi connectivity index (χ1) is 13.1. The summed E-state index contributed by atoms with van der Waals surface area (Å²) in [5.41, 5.74) is 0.226. The zero-order valence-electron chi connectivity index (χ0n) is 15.8. The molecule has 3 aromatic rings. The average Bonchev–Trinajstić information content (AvgIpc) is 2.94. The summed E-state index contributed by atoms with van der Waals surface area (Å²) in [7, 11) is -0.817. The summed E-state index contributed by atoms with van der Waals surface area (Å²) in [6.45, 7) is 1.38. The van der Waals surface area contributed by atoms with Crippen LogP contribution in [0.2, 0.25) is 0 Å². The fourth-order valence-electron chi connectivity index (χ4n) is 2.85. The topological polar surface area (TPSA) is 111 Å². The normalized spacial score (nSPS) is 14.1. The van der Waals surface area contributed by atoms with E-state index in [1.165, 1.54) is 29.8 Å². The molecule has 1 atom stereocenters. The average molecular weight is 406 g/mol. The quantitative estimate of drug-likeness (QED) is 0.614. The first-order valence-electron chi connectivity index (χ1n) is 8.56. The molecule has 9 heteroatoms. The van der Waals surface area contributed by atoms with Crippen LogP contribution in [0.1, 0.15) is 12.5 Å². The van der Waals surface area contributed by atoms with E-state index >= 15 is 0 Å². The zero-order chi connectivity index (χ0) is 20.5. The summed E-state index contributed by atoms with van der Waals surface area (Å²) in [5.74, 6) is 0.132. The molecule has 0 saturated carbocycles. The SMILES string of the molecule is COc1ccc(CC(C)(O)CNS(=O)(=O)c2ccc3oc(=O)n(C)c3c2)cc1. The number of sulfonamides is 1. The molecule has 0 amide bonds. The number of aryl methyl sites for hydroxylation is 1. The highest BCUT2D eigenvalue weighted by Gasteiger charge is 2.25. The van der Waals surface area contributed by atoms with Crippen LogP contribution in [0.4, 0.5) is 0 Å². The van der Waals surface area contributed by atoms with E-state index in [9.17, 15) is 18.3 Å². The molecule has 28 heavy (non-hydrogen) atoms. The Kier molecular flexibility index (Phi) is 5.33. The van der Waals surface area contributed by atoms with E-state index in [0.29, 0.717) is 16.8 Å². The molecular formula is C19H22N2O6S. The van der Waals surface area contributed by atoms with E-state index in [4.69, 9.17) is 9.15 Å².